The summed E-state index contributed by atoms with van der Waals surface area (Å²) in [4.78, 5) is 13.7. The summed E-state index contributed by atoms with van der Waals surface area (Å²) in [6, 6.07) is 5.62. The van der Waals surface area contributed by atoms with Crippen LogP contribution in [0.1, 0.15) is 43.6 Å². The van der Waals surface area contributed by atoms with Crippen molar-refractivity contribution in [1.82, 2.24) is 4.90 Å². The maximum Gasteiger partial charge on any atom is 0.159 e. The Balaban J connectivity index is 2.73. The highest BCUT2D eigenvalue weighted by atomic mass is 16.5. The van der Waals surface area contributed by atoms with Crippen molar-refractivity contribution < 1.29 is 14.3 Å². The fourth-order valence-electron chi connectivity index (χ4n) is 2.03. The van der Waals surface area contributed by atoms with Gasteiger partial charge in [0.1, 0.15) is 5.75 Å². The van der Waals surface area contributed by atoms with Crippen molar-refractivity contribution in [2.75, 3.05) is 26.8 Å². The van der Waals surface area contributed by atoms with E-state index in [1.165, 1.54) is 0 Å². The Morgan fingerprint density at radius 1 is 1.33 bits per heavy atom. The number of carbonyl (C=O) groups excluding carboxylic acids is 1. The van der Waals surface area contributed by atoms with Crippen LogP contribution >= 0.6 is 0 Å². The Morgan fingerprint density at radius 2 is 2.05 bits per heavy atom. The summed E-state index contributed by atoms with van der Waals surface area (Å²) in [5, 5.41) is 0. The van der Waals surface area contributed by atoms with Gasteiger partial charge in [0.25, 0.3) is 0 Å². The van der Waals surface area contributed by atoms with Gasteiger partial charge in [0.05, 0.1) is 19.3 Å². The first-order chi connectivity index (χ1) is 9.93. The fourth-order valence-corrected chi connectivity index (χ4v) is 2.03. The zero-order valence-electron chi connectivity index (χ0n) is 13.8. The van der Waals surface area contributed by atoms with E-state index in [9.17, 15) is 4.79 Å². The lowest BCUT2D eigenvalue weighted by Crippen LogP contribution is -2.24. The molecule has 0 radical (unpaired) electrons. The number of rotatable bonds is 9. The first-order valence-electron chi connectivity index (χ1n) is 7.50. The van der Waals surface area contributed by atoms with E-state index in [1.54, 1.807) is 6.92 Å². The van der Waals surface area contributed by atoms with Crippen molar-refractivity contribution in [2.45, 2.75) is 40.3 Å². The Morgan fingerprint density at radius 3 is 2.62 bits per heavy atom. The molecular weight excluding hydrogens is 266 g/mol. The monoisotopic (exact) mass is 293 g/mol. The minimum absolute atomic E-state index is 0.0742. The fraction of sp³-hybridized carbons (Fsp3) is 0.588. The van der Waals surface area contributed by atoms with Gasteiger partial charge in [-0.25, -0.2) is 0 Å². The Bertz CT molecular complexity index is 457. The molecule has 0 aliphatic heterocycles. The molecule has 0 bridgehead atoms. The molecule has 118 valence electrons. The van der Waals surface area contributed by atoms with Crippen LogP contribution in [0, 0.1) is 0 Å². The Labute approximate surface area is 128 Å². The van der Waals surface area contributed by atoms with Crippen LogP contribution in [0.5, 0.6) is 5.75 Å². The number of benzene rings is 1. The van der Waals surface area contributed by atoms with Gasteiger partial charge < -0.3 is 9.47 Å². The zero-order valence-corrected chi connectivity index (χ0v) is 13.8. The molecule has 4 nitrogen and oxygen atoms in total. The first kappa shape index (κ1) is 17.7. The van der Waals surface area contributed by atoms with E-state index in [-0.39, 0.29) is 11.9 Å². The predicted octanol–water partition coefficient (Wildman–Crippen LogP) is 3.14. The highest BCUT2D eigenvalue weighted by Gasteiger charge is 2.10. The molecule has 1 aromatic rings. The molecule has 1 rings (SSSR count). The third kappa shape index (κ3) is 6.27. The average Bonchev–Trinajstić information content (AvgIpc) is 2.40. The van der Waals surface area contributed by atoms with Crippen molar-refractivity contribution in [1.29, 1.82) is 0 Å². The second kappa shape index (κ2) is 8.80. The summed E-state index contributed by atoms with van der Waals surface area (Å²) >= 11 is 0. The van der Waals surface area contributed by atoms with Crippen LogP contribution in [0.3, 0.4) is 0 Å². The van der Waals surface area contributed by atoms with Gasteiger partial charge in [0, 0.05) is 24.2 Å². The lowest BCUT2D eigenvalue weighted by molar-refractivity contribution is 0.0625. The zero-order chi connectivity index (χ0) is 15.8. The first-order valence-corrected chi connectivity index (χ1v) is 7.50. The summed E-state index contributed by atoms with van der Waals surface area (Å²) in [5.41, 5.74) is 1.76. The van der Waals surface area contributed by atoms with E-state index in [1.807, 2.05) is 46.0 Å². The number of nitrogens with zero attached hydrogens (tertiary/aromatic N) is 1. The number of likely N-dealkylation sites (N-methyl/N-ethyl adjacent to an activating group) is 1. The van der Waals surface area contributed by atoms with Gasteiger partial charge in [-0.1, -0.05) is 0 Å². The standard InChI is InChI=1S/C17H27NO3/c1-6-20-17-8-7-15(14(4)19)11-16(17)12-18(5)9-10-21-13(2)3/h7-8,11,13H,6,9-10,12H2,1-5H3. The van der Waals surface area contributed by atoms with Gasteiger partial charge in [-0.3, -0.25) is 9.69 Å². The topological polar surface area (TPSA) is 38.8 Å². The molecule has 0 aromatic heterocycles. The van der Waals surface area contributed by atoms with Gasteiger partial charge in [-0.05, 0) is 52.9 Å². The van der Waals surface area contributed by atoms with Crippen LogP contribution in [0.4, 0.5) is 0 Å². The maximum absolute atomic E-state index is 11.5. The molecule has 0 fully saturated rings. The number of hydrogen-bond acceptors (Lipinski definition) is 4. The van der Waals surface area contributed by atoms with Gasteiger partial charge in [0.15, 0.2) is 5.78 Å². The van der Waals surface area contributed by atoms with E-state index >= 15 is 0 Å². The summed E-state index contributed by atoms with van der Waals surface area (Å²) in [5.74, 6) is 0.921. The second-order valence-corrected chi connectivity index (χ2v) is 5.47. The van der Waals surface area contributed by atoms with Crippen molar-refractivity contribution in [3.8, 4) is 5.75 Å². The quantitative estimate of drug-likeness (QED) is 0.656. The van der Waals surface area contributed by atoms with Gasteiger partial charge in [0.2, 0.25) is 0 Å². The molecule has 4 heteroatoms. The van der Waals surface area contributed by atoms with Crippen molar-refractivity contribution in [3.63, 3.8) is 0 Å². The van der Waals surface area contributed by atoms with Crippen LogP contribution < -0.4 is 4.74 Å². The molecule has 21 heavy (non-hydrogen) atoms. The second-order valence-electron chi connectivity index (χ2n) is 5.47. The molecule has 0 aliphatic carbocycles. The van der Waals surface area contributed by atoms with Crippen molar-refractivity contribution >= 4 is 5.78 Å². The highest BCUT2D eigenvalue weighted by Crippen LogP contribution is 2.22. The number of ketones is 1. The highest BCUT2D eigenvalue weighted by molar-refractivity contribution is 5.94. The van der Waals surface area contributed by atoms with Crippen LogP contribution in [0.2, 0.25) is 0 Å². The molecule has 0 aliphatic rings. The number of hydrogen-bond donors (Lipinski definition) is 0. The molecule has 0 amide bonds. The molecular formula is C17H27NO3. The minimum Gasteiger partial charge on any atom is -0.494 e. The molecule has 0 atom stereocenters. The van der Waals surface area contributed by atoms with Crippen molar-refractivity contribution in [2.24, 2.45) is 0 Å². The van der Waals surface area contributed by atoms with Crippen LogP contribution in [-0.2, 0) is 11.3 Å². The largest absolute Gasteiger partial charge is 0.494 e. The summed E-state index contributed by atoms with van der Waals surface area (Å²) in [6.45, 7) is 10.5. The van der Waals surface area contributed by atoms with Gasteiger partial charge in [-0.2, -0.15) is 0 Å². The summed E-state index contributed by atoms with van der Waals surface area (Å²) in [7, 11) is 2.04. The van der Waals surface area contributed by atoms with Gasteiger partial charge in [-0.15, -0.1) is 0 Å². The minimum atomic E-state index is 0.0742. The summed E-state index contributed by atoms with van der Waals surface area (Å²) < 4.78 is 11.2. The lowest BCUT2D eigenvalue weighted by atomic mass is 10.1. The Kier molecular flexibility index (Phi) is 7.40. The predicted molar refractivity (Wildman–Crippen MR) is 85.0 cm³/mol. The number of Topliss-reactive ketones (excluding diaryl/α,β-unsaturated/α-hetero) is 1. The van der Waals surface area contributed by atoms with Crippen LogP contribution in [0.15, 0.2) is 18.2 Å². The molecule has 0 spiro atoms. The van der Waals surface area contributed by atoms with E-state index in [4.69, 9.17) is 9.47 Å². The van der Waals surface area contributed by atoms with Crippen molar-refractivity contribution in [3.05, 3.63) is 29.3 Å². The smallest absolute Gasteiger partial charge is 0.159 e. The van der Waals surface area contributed by atoms with Crippen LogP contribution in [-0.4, -0.2) is 43.6 Å². The molecule has 0 heterocycles. The molecule has 0 saturated heterocycles. The molecule has 0 N–H and O–H groups in total. The average molecular weight is 293 g/mol. The lowest BCUT2D eigenvalue weighted by Gasteiger charge is -2.20. The Hall–Kier alpha value is -1.39. The van der Waals surface area contributed by atoms with E-state index in [0.29, 0.717) is 13.2 Å². The van der Waals surface area contributed by atoms with E-state index in [2.05, 4.69) is 4.90 Å². The van der Waals surface area contributed by atoms with Crippen LogP contribution in [0.25, 0.3) is 0 Å². The van der Waals surface area contributed by atoms with Gasteiger partial charge >= 0.3 is 0 Å². The maximum atomic E-state index is 11.5. The molecule has 0 unspecified atom stereocenters. The summed E-state index contributed by atoms with van der Waals surface area (Å²) in [6.07, 6.45) is 0.249. The number of ether oxygens (including phenoxy) is 2. The normalized spacial score (nSPS) is 11.2. The third-order valence-electron chi connectivity index (χ3n) is 3.13. The molecule has 0 saturated carbocycles. The SMILES string of the molecule is CCOc1ccc(C(C)=O)cc1CN(C)CCOC(C)C. The van der Waals surface area contributed by atoms with E-state index in [0.717, 1.165) is 30.0 Å². The van der Waals surface area contributed by atoms with E-state index < -0.39 is 0 Å². The third-order valence-corrected chi connectivity index (χ3v) is 3.13. The molecule has 1 aromatic carbocycles. The number of carbonyl (C=O) groups is 1.